The predicted molar refractivity (Wildman–Crippen MR) is 93.9 cm³/mol. The molecule has 0 aromatic heterocycles. The Morgan fingerprint density at radius 2 is 1.64 bits per heavy atom. The highest BCUT2D eigenvalue weighted by Crippen LogP contribution is 2.16. The van der Waals surface area contributed by atoms with Crippen LogP contribution in [0.25, 0.3) is 0 Å². The summed E-state index contributed by atoms with van der Waals surface area (Å²) in [5.41, 5.74) is 1.39. The van der Waals surface area contributed by atoms with Crippen LogP contribution in [-0.4, -0.2) is 24.5 Å². The summed E-state index contributed by atoms with van der Waals surface area (Å²) in [6.45, 7) is 4.14. The van der Waals surface area contributed by atoms with E-state index in [0.29, 0.717) is 24.4 Å². The third-order valence-electron chi connectivity index (χ3n) is 3.30. The topological polar surface area (TPSA) is 67.4 Å². The Bertz CT molecular complexity index is 712. The summed E-state index contributed by atoms with van der Waals surface area (Å²) >= 11 is 0. The van der Waals surface area contributed by atoms with Crippen LogP contribution in [0.2, 0.25) is 0 Å². The van der Waals surface area contributed by atoms with Crippen LogP contribution in [0.4, 0.5) is 10.1 Å². The number of benzene rings is 2. The van der Waals surface area contributed by atoms with Gasteiger partial charge in [-0.1, -0.05) is 12.1 Å². The van der Waals surface area contributed by atoms with Crippen LogP contribution < -0.4 is 15.4 Å². The van der Waals surface area contributed by atoms with Crippen molar-refractivity contribution in [3.05, 3.63) is 59.9 Å². The molecule has 0 saturated carbocycles. The van der Waals surface area contributed by atoms with Gasteiger partial charge in [-0.2, -0.15) is 0 Å². The molecule has 0 atom stereocenters. The molecule has 2 amide bonds. The first-order valence-electron chi connectivity index (χ1n) is 8.04. The van der Waals surface area contributed by atoms with E-state index in [4.69, 9.17) is 4.74 Å². The molecule has 0 aliphatic heterocycles. The predicted octanol–water partition coefficient (Wildman–Crippen LogP) is 2.91. The van der Waals surface area contributed by atoms with Crippen LogP contribution in [0.1, 0.15) is 19.4 Å². The molecule has 0 spiro atoms. The minimum Gasteiger partial charge on any atom is -0.491 e. The van der Waals surface area contributed by atoms with Crippen LogP contribution in [0.3, 0.4) is 0 Å². The highest BCUT2D eigenvalue weighted by Gasteiger charge is 2.13. The Hall–Kier alpha value is -2.89. The second-order valence-electron chi connectivity index (χ2n) is 5.78. The van der Waals surface area contributed by atoms with Gasteiger partial charge >= 0.3 is 11.8 Å². The second kappa shape index (κ2) is 8.82. The molecular formula is C19H21FN2O3. The average Bonchev–Trinajstić information content (AvgIpc) is 2.58. The summed E-state index contributed by atoms with van der Waals surface area (Å²) in [6, 6.07) is 12.8. The summed E-state index contributed by atoms with van der Waals surface area (Å²) in [5.74, 6) is -1.07. The molecule has 0 heterocycles. The van der Waals surface area contributed by atoms with E-state index in [9.17, 15) is 14.0 Å². The van der Waals surface area contributed by atoms with Gasteiger partial charge in [0.25, 0.3) is 0 Å². The molecule has 25 heavy (non-hydrogen) atoms. The molecule has 0 bridgehead atoms. The lowest BCUT2D eigenvalue weighted by molar-refractivity contribution is -0.136. The van der Waals surface area contributed by atoms with E-state index >= 15 is 0 Å². The van der Waals surface area contributed by atoms with Gasteiger partial charge in [-0.15, -0.1) is 0 Å². The summed E-state index contributed by atoms with van der Waals surface area (Å²) in [4.78, 5) is 23.7. The first-order chi connectivity index (χ1) is 11.9. The highest BCUT2D eigenvalue weighted by atomic mass is 19.1. The largest absolute Gasteiger partial charge is 0.491 e. The van der Waals surface area contributed by atoms with E-state index in [0.717, 1.165) is 5.56 Å². The highest BCUT2D eigenvalue weighted by molar-refractivity contribution is 6.39. The van der Waals surface area contributed by atoms with Crippen molar-refractivity contribution < 1.29 is 18.7 Å². The number of ether oxygens (including phenoxy) is 1. The third kappa shape index (κ3) is 6.25. The number of anilines is 1. The van der Waals surface area contributed by atoms with Gasteiger partial charge in [0, 0.05) is 12.2 Å². The fourth-order valence-electron chi connectivity index (χ4n) is 2.13. The van der Waals surface area contributed by atoms with Crippen molar-refractivity contribution in [1.29, 1.82) is 0 Å². The van der Waals surface area contributed by atoms with Crippen molar-refractivity contribution in [2.75, 3.05) is 11.9 Å². The normalized spacial score (nSPS) is 10.4. The van der Waals surface area contributed by atoms with Crippen LogP contribution in [0, 0.1) is 5.82 Å². The van der Waals surface area contributed by atoms with Gasteiger partial charge in [0.2, 0.25) is 0 Å². The van der Waals surface area contributed by atoms with Gasteiger partial charge in [0.1, 0.15) is 11.6 Å². The SMILES string of the molecule is CC(C)Oc1ccc(NC(=O)C(=O)NCCc2ccc(F)cc2)cc1. The number of rotatable bonds is 6. The number of carbonyl (C=O) groups excluding carboxylic acids is 2. The first-order valence-corrected chi connectivity index (χ1v) is 8.04. The molecule has 2 aromatic rings. The van der Waals surface area contributed by atoms with E-state index in [-0.39, 0.29) is 11.9 Å². The quantitative estimate of drug-likeness (QED) is 0.792. The van der Waals surface area contributed by atoms with Crippen LogP contribution >= 0.6 is 0 Å². The number of carbonyl (C=O) groups is 2. The lowest BCUT2D eigenvalue weighted by atomic mass is 10.1. The summed E-state index contributed by atoms with van der Waals surface area (Å²) in [6.07, 6.45) is 0.577. The van der Waals surface area contributed by atoms with Crippen molar-refractivity contribution in [1.82, 2.24) is 5.32 Å². The summed E-state index contributed by atoms with van der Waals surface area (Å²) < 4.78 is 18.3. The Kier molecular flexibility index (Phi) is 6.51. The summed E-state index contributed by atoms with van der Waals surface area (Å²) in [5, 5.41) is 5.06. The zero-order valence-electron chi connectivity index (χ0n) is 14.2. The molecule has 6 heteroatoms. The van der Waals surface area contributed by atoms with E-state index in [1.54, 1.807) is 36.4 Å². The van der Waals surface area contributed by atoms with Crippen molar-refractivity contribution >= 4 is 17.5 Å². The molecular weight excluding hydrogens is 323 g/mol. The first kappa shape index (κ1) is 18.4. The second-order valence-corrected chi connectivity index (χ2v) is 5.78. The smallest absolute Gasteiger partial charge is 0.313 e. The van der Waals surface area contributed by atoms with Crippen molar-refractivity contribution in [3.8, 4) is 5.75 Å². The molecule has 0 aliphatic carbocycles. The van der Waals surface area contributed by atoms with E-state index in [2.05, 4.69) is 10.6 Å². The van der Waals surface area contributed by atoms with Gasteiger partial charge in [-0.25, -0.2) is 4.39 Å². The monoisotopic (exact) mass is 344 g/mol. The molecule has 2 rings (SSSR count). The Labute approximate surface area is 146 Å². The fraction of sp³-hybridized carbons (Fsp3) is 0.263. The number of amides is 2. The van der Waals surface area contributed by atoms with Crippen molar-refractivity contribution in [2.24, 2.45) is 0 Å². The number of nitrogens with one attached hydrogen (secondary N) is 2. The van der Waals surface area contributed by atoms with Crippen molar-refractivity contribution in [2.45, 2.75) is 26.4 Å². The molecule has 132 valence electrons. The van der Waals surface area contributed by atoms with Crippen molar-refractivity contribution in [3.63, 3.8) is 0 Å². The van der Waals surface area contributed by atoms with Crippen LogP contribution in [-0.2, 0) is 16.0 Å². The van der Waals surface area contributed by atoms with Crippen LogP contribution in [0.15, 0.2) is 48.5 Å². The minimum absolute atomic E-state index is 0.0623. The van der Waals surface area contributed by atoms with Crippen LogP contribution in [0.5, 0.6) is 5.75 Å². The molecule has 0 fully saturated rings. The van der Waals surface area contributed by atoms with E-state index in [1.807, 2.05) is 13.8 Å². The maximum Gasteiger partial charge on any atom is 0.313 e. The van der Waals surface area contributed by atoms with Gasteiger partial charge in [-0.3, -0.25) is 9.59 Å². The maximum atomic E-state index is 12.8. The van der Waals surface area contributed by atoms with Gasteiger partial charge in [0.15, 0.2) is 0 Å². The number of hydrogen-bond acceptors (Lipinski definition) is 3. The zero-order valence-corrected chi connectivity index (χ0v) is 14.2. The fourth-order valence-corrected chi connectivity index (χ4v) is 2.13. The Balaban J connectivity index is 1.77. The van der Waals surface area contributed by atoms with Gasteiger partial charge in [-0.05, 0) is 62.2 Å². The maximum absolute atomic E-state index is 12.8. The number of hydrogen-bond donors (Lipinski definition) is 2. The lowest BCUT2D eigenvalue weighted by Gasteiger charge is -2.10. The Morgan fingerprint density at radius 3 is 2.24 bits per heavy atom. The molecule has 0 radical (unpaired) electrons. The standard InChI is InChI=1S/C19H21FN2O3/c1-13(2)25-17-9-7-16(8-10-17)22-19(24)18(23)21-12-11-14-3-5-15(20)6-4-14/h3-10,13H,11-12H2,1-2H3,(H,21,23)(H,22,24). The summed E-state index contributed by atoms with van der Waals surface area (Å²) in [7, 11) is 0. The molecule has 0 aliphatic rings. The van der Waals surface area contributed by atoms with E-state index in [1.165, 1.54) is 12.1 Å². The molecule has 0 unspecified atom stereocenters. The number of halogens is 1. The average molecular weight is 344 g/mol. The lowest BCUT2D eigenvalue weighted by Crippen LogP contribution is -2.36. The third-order valence-corrected chi connectivity index (χ3v) is 3.30. The zero-order chi connectivity index (χ0) is 18.2. The van der Waals surface area contributed by atoms with Gasteiger partial charge < -0.3 is 15.4 Å². The molecule has 5 nitrogen and oxygen atoms in total. The molecule has 2 N–H and O–H groups in total. The molecule has 0 saturated heterocycles. The Morgan fingerprint density at radius 1 is 1.00 bits per heavy atom. The minimum atomic E-state index is -0.739. The van der Waals surface area contributed by atoms with E-state index < -0.39 is 11.8 Å². The van der Waals surface area contributed by atoms with Gasteiger partial charge in [0.05, 0.1) is 6.10 Å². The molecule has 2 aromatic carbocycles.